The van der Waals surface area contributed by atoms with Crippen molar-refractivity contribution < 1.29 is 38.8 Å². The predicted octanol–water partition coefficient (Wildman–Crippen LogP) is -2.47. The standard InChI is InChI=1S/C14H20N6O5.C13H20N6O4.H3N.H2O/c1-8(2)9(17-6-21)13(23)25-4-3-24-7-20-5-16-10-11(20)18-14(15)19-12(10)22;1-7(2)8(14)12(21)23-4-3-22-6-19-5-16-9-10(19)17-13(15)18-11(9)20;;/h5-6,8-9H,3-4,7H2,1-2H3,(H,17,21)(H3,15,18,19,22);5,7-8H,3-4,6,14H2,1-2H3,(H3,15,17,18,20);1H3;1H2/t9-;8-;;/m00../s1. The molecule has 50 heavy (non-hydrogen) atoms. The van der Waals surface area contributed by atoms with Crippen LogP contribution in [0.3, 0.4) is 0 Å². The summed E-state index contributed by atoms with van der Waals surface area (Å²) in [5.41, 5.74) is 16.8. The van der Waals surface area contributed by atoms with Crippen LogP contribution in [0.15, 0.2) is 22.2 Å². The topological polar surface area (TPSA) is 372 Å². The van der Waals surface area contributed by atoms with E-state index in [-0.39, 0.29) is 86.3 Å². The molecular formula is C27H45N13O10. The summed E-state index contributed by atoms with van der Waals surface area (Å²) in [4.78, 5) is 77.8. The number of nitrogen functional groups attached to an aromatic ring is 2. The number of H-pyrrole nitrogens is 2. The number of esters is 2. The number of hydrogen-bond acceptors (Lipinski definition) is 17. The number of amides is 1. The zero-order valence-corrected chi connectivity index (χ0v) is 28.1. The predicted molar refractivity (Wildman–Crippen MR) is 178 cm³/mol. The number of rotatable bonds is 16. The summed E-state index contributed by atoms with van der Waals surface area (Å²) in [5.74, 6) is -1.09. The van der Waals surface area contributed by atoms with E-state index in [0.29, 0.717) is 17.7 Å². The van der Waals surface area contributed by atoms with Crippen LogP contribution in [-0.2, 0) is 46.8 Å². The smallest absolute Gasteiger partial charge is 0.328 e. The Morgan fingerprint density at radius 2 is 1.26 bits per heavy atom. The van der Waals surface area contributed by atoms with Crippen LogP contribution in [-0.4, -0.2) is 101 Å². The van der Waals surface area contributed by atoms with Crippen molar-refractivity contribution in [2.24, 2.45) is 17.6 Å². The number of imidazole rings is 2. The fourth-order valence-corrected chi connectivity index (χ4v) is 3.92. The minimum Gasteiger partial charge on any atom is -0.462 e. The molecule has 14 N–H and O–H groups in total. The van der Waals surface area contributed by atoms with E-state index in [1.807, 2.05) is 13.8 Å². The summed E-state index contributed by atoms with van der Waals surface area (Å²) in [7, 11) is 0. The van der Waals surface area contributed by atoms with Crippen LogP contribution in [0.4, 0.5) is 11.9 Å². The number of anilines is 2. The Morgan fingerprint density at radius 3 is 1.66 bits per heavy atom. The van der Waals surface area contributed by atoms with Gasteiger partial charge in [-0.05, 0) is 11.8 Å². The highest BCUT2D eigenvalue weighted by molar-refractivity contribution is 5.78. The van der Waals surface area contributed by atoms with Gasteiger partial charge in [-0.25, -0.2) is 14.8 Å². The number of ether oxygens (including phenoxy) is 4. The average molecular weight is 712 g/mol. The van der Waals surface area contributed by atoms with Crippen molar-refractivity contribution in [3.63, 3.8) is 0 Å². The van der Waals surface area contributed by atoms with Gasteiger partial charge in [0.2, 0.25) is 18.3 Å². The molecule has 0 spiro atoms. The van der Waals surface area contributed by atoms with Crippen molar-refractivity contribution in [1.29, 1.82) is 0 Å². The van der Waals surface area contributed by atoms with Crippen molar-refractivity contribution in [2.75, 3.05) is 37.9 Å². The maximum atomic E-state index is 11.8. The number of nitrogens with zero attached hydrogens (tertiary/aromatic N) is 6. The number of aromatic nitrogens is 8. The zero-order chi connectivity index (χ0) is 35.4. The molecule has 0 radical (unpaired) electrons. The number of hydrogen-bond donors (Lipinski definition) is 7. The highest BCUT2D eigenvalue weighted by atomic mass is 16.6. The van der Waals surface area contributed by atoms with Gasteiger partial charge in [-0.3, -0.25) is 38.3 Å². The van der Waals surface area contributed by atoms with E-state index in [0.717, 1.165) is 0 Å². The van der Waals surface area contributed by atoms with Crippen LogP contribution >= 0.6 is 0 Å². The molecule has 0 fully saturated rings. The van der Waals surface area contributed by atoms with E-state index < -0.39 is 35.1 Å². The van der Waals surface area contributed by atoms with Gasteiger partial charge in [-0.2, -0.15) is 9.97 Å². The summed E-state index contributed by atoms with van der Waals surface area (Å²) in [6, 6.07) is -1.35. The minimum atomic E-state index is -0.700. The van der Waals surface area contributed by atoms with Crippen LogP contribution in [0.1, 0.15) is 27.7 Å². The van der Waals surface area contributed by atoms with E-state index in [2.05, 4.69) is 35.2 Å². The van der Waals surface area contributed by atoms with Crippen LogP contribution < -0.4 is 39.8 Å². The maximum absolute atomic E-state index is 11.8. The molecule has 0 aliphatic heterocycles. The Bertz CT molecular complexity index is 1800. The molecule has 4 aromatic heterocycles. The fourth-order valence-electron chi connectivity index (χ4n) is 3.92. The Kier molecular flexibility index (Phi) is 17.1. The van der Waals surface area contributed by atoms with Gasteiger partial charge in [0, 0.05) is 0 Å². The lowest BCUT2D eigenvalue weighted by Gasteiger charge is -2.18. The molecule has 278 valence electrons. The van der Waals surface area contributed by atoms with Crippen molar-refractivity contribution >= 4 is 52.6 Å². The van der Waals surface area contributed by atoms with Gasteiger partial charge >= 0.3 is 11.9 Å². The molecule has 4 aromatic rings. The first-order chi connectivity index (χ1) is 22.8. The van der Waals surface area contributed by atoms with Gasteiger partial charge < -0.3 is 53.1 Å². The third-order valence-electron chi connectivity index (χ3n) is 6.55. The largest absolute Gasteiger partial charge is 0.462 e. The molecule has 2 atom stereocenters. The lowest BCUT2D eigenvalue weighted by Crippen LogP contribution is -2.41. The van der Waals surface area contributed by atoms with Crippen LogP contribution in [0, 0.1) is 11.8 Å². The SMILES string of the molecule is CC(C)[C@H](N)C(=O)OCCOCn1cnc2c(=O)[nH]c(N)nc21.CC(C)[C@H](NC=O)C(=O)OCCOCn1cnc2c(=O)[nH]c(N)nc21.N.O. The molecule has 0 saturated heterocycles. The quantitative estimate of drug-likeness (QED) is 0.0359. The van der Waals surface area contributed by atoms with Gasteiger partial charge in [-0.1, -0.05) is 27.7 Å². The second kappa shape index (κ2) is 20.1. The van der Waals surface area contributed by atoms with Crippen molar-refractivity contribution in [2.45, 2.75) is 53.2 Å². The molecule has 0 aliphatic carbocycles. The molecule has 23 heteroatoms. The molecule has 23 nitrogen and oxygen atoms in total. The van der Waals surface area contributed by atoms with Gasteiger partial charge in [-0.15, -0.1) is 0 Å². The summed E-state index contributed by atoms with van der Waals surface area (Å²) >= 11 is 0. The summed E-state index contributed by atoms with van der Waals surface area (Å²) in [6.45, 7) is 7.83. The zero-order valence-electron chi connectivity index (χ0n) is 28.1. The molecule has 4 rings (SSSR count). The molecular weight excluding hydrogens is 666 g/mol. The molecule has 0 bridgehead atoms. The van der Waals surface area contributed by atoms with E-state index in [4.69, 9.17) is 36.1 Å². The number of nitrogens with two attached hydrogens (primary N) is 3. The first-order valence-corrected chi connectivity index (χ1v) is 14.7. The molecule has 0 aliphatic rings. The third-order valence-corrected chi connectivity index (χ3v) is 6.55. The molecule has 4 heterocycles. The van der Waals surface area contributed by atoms with Gasteiger partial charge in [0.1, 0.15) is 38.8 Å². The maximum Gasteiger partial charge on any atom is 0.328 e. The van der Waals surface area contributed by atoms with Crippen molar-refractivity contribution in [3.05, 3.63) is 33.4 Å². The van der Waals surface area contributed by atoms with Crippen molar-refractivity contribution in [1.82, 2.24) is 50.5 Å². The summed E-state index contributed by atoms with van der Waals surface area (Å²) in [6.07, 6.45) is 3.29. The lowest BCUT2D eigenvalue weighted by atomic mass is 10.1. The molecule has 0 aromatic carbocycles. The molecule has 0 saturated carbocycles. The normalized spacial score (nSPS) is 12.0. The molecule has 1 amide bonds. The highest BCUT2D eigenvalue weighted by Gasteiger charge is 2.23. The highest BCUT2D eigenvalue weighted by Crippen LogP contribution is 2.08. The van der Waals surface area contributed by atoms with E-state index in [1.54, 1.807) is 13.8 Å². The van der Waals surface area contributed by atoms with Gasteiger partial charge in [0.15, 0.2) is 22.3 Å². The number of carbonyl (C=O) groups is 3. The Labute approximate surface area is 284 Å². The monoisotopic (exact) mass is 711 g/mol. The Hall–Kier alpha value is -5.49. The van der Waals surface area contributed by atoms with Gasteiger partial charge in [0.25, 0.3) is 11.1 Å². The van der Waals surface area contributed by atoms with E-state index in [1.165, 1.54) is 21.8 Å². The number of nitrogens with one attached hydrogen (secondary N) is 3. The van der Waals surface area contributed by atoms with Crippen LogP contribution in [0.2, 0.25) is 0 Å². The molecule has 0 unspecified atom stereocenters. The number of fused-ring (bicyclic) bond motifs is 2. The van der Waals surface area contributed by atoms with Crippen molar-refractivity contribution in [3.8, 4) is 0 Å². The van der Waals surface area contributed by atoms with E-state index in [9.17, 15) is 24.0 Å². The van der Waals surface area contributed by atoms with Crippen LogP contribution in [0.25, 0.3) is 22.3 Å². The third kappa shape index (κ3) is 11.6. The number of aromatic amines is 2. The fraction of sp³-hybridized carbons (Fsp3) is 0.519. The second-order valence-corrected chi connectivity index (χ2v) is 10.9. The summed E-state index contributed by atoms with van der Waals surface area (Å²) < 4.78 is 23.9. The average Bonchev–Trinajstić information content (AvgIpc) is 3.63. The number of carbonyl (C=O) groups excluding carboxylic acids is 3. The van der Waals surface area contributed by atoms with E-state index >= 15 is 0 Å². The Morgan fingerprint density at radius 1 is 0.820 bits per heavy atom. The summed E-state index contributed by atoms with van der Waals surface area (Å²) in [5, 5.41) is 2.41. The first kappa shape index (κ1) is 42.5. The second-order valence-electron chi connectivity index (χ2n) is 10.9. The first-order valence-electron chi connectivity index (χ1n) is 14.7. The lowest BCUT2D eigenvalue weighted by molar-refractivity contribution is -0.150. The Balaban J connectivity index is 0.000000482. The van der Waals surface area contributed by atoms with Gasteiger partial charge in [0.05, 0.1) is 25.9 Å². The van der Waals surface area contributed by atoms with Crippen LogP contribution in [0.5, 0.6) is 0 Å². The minimum absolute atomic E-state index is 0.